The fourth-order valence-electron chi connectivity index (χ4n) is 2.74. The molecule has 0 aromatic carbocycles. The number of hydrogen-bond acceptors (Lipinski definition) is 6. The summed E-state index contributed by atoms with van der Waals surface area (Å²) < 4.78 is 1.87. The number of aromatic nitrogens is 4. The lowest BCUT2D eigenvalue weighted by atomic mass is 10.2. The number of aryl methyl sites for hydroxylation is 1. The van der Waals surface area contributed by atoms with Crippen LogP contribution in [0, 0.1) is 0 Å². The van der Waals surface area contributed by atoms with Crippen LogP contribution in [0.1, 0.15) is 20.8 Å². The fraction of sp³-hybridized carbons (Fsp3) is 0.625. The maximum atomic E-state index is 12.4. The molecule has 0 bridgehead atoms. The summed E-state index contributed by atoms with van der Waals surface area (Å²) in [6.45, 7) is 9.44. The molecule has 1 aliphatic rings. The van der Waals surface area contributed by atoms with Gasteiger partial charge in [-0.15, -0.1) is 11.8 Å². The average molecular weight is 348 g/mol. The van der Waals surface area contributed by atoms with E-state index < -0.39 is 0 Å². The van der Waals surface area contributed by atoms with Crippen molar-refractivity contribution in [1.82, 2.24) is 24.6 Å². The van der Waals surface area contributed by atoms with E-state index in [2.05, 4.69) is 40.7 Å². The zero-order valence-corrected chi connectivity index (χ0v) is 15.5. The molecule has 3 heterocycles. The van der Waals surface area contributed by atoms with Gasteiger partial charge in [0.25, 0.3) is 0 Å². The summed E-state index contributed by atoms with van der Waals surface area (Å²) in [6.07, 6.45) is 3.39. The summed E-state index contributed by atoms with van der Waals surface area (Å²) in [5.41, 5.74) is 0.833. The van der Waals surface area contributed by atoms with Gasteiger partial charge in [-0.25, -0.2) is 9.97 Å². The summed E-state index contributed by atoms with van der Waals surface area (Å²) >= 11 is 1.70. The number of nitrogens with zero attached hydrogens (tertiary/aromatic N) is 6. The zero-order chi connectivity index (χ0) is 17.3. The minimum atomic E-state index is 0.115. The van der Waals surface area contributed by atoms with Crippen molar-refractivity contribution in [3.8, 4) is 0 Å². The molecule has 3 rings (SSSR count). The molecule has 1 amide bonds. The van der Waals surface area contributed by atoms with Gasteiger partial charge in [-0.05, 0) is 0 Å². The topological polar surface area (TPSA) is 67.2 Å². The third-order valence-corrected chi connectivity index (χ3v) is 5.33. The van der Waals surface area contributed by atoms with E-state index in [0.29, 0.717) is 5.75 Å². The van der Waals surface area contributed by atoms with Crippen molar-refractivity contribution in [2.45, 2.75) is 25.5 Å². The second kappa shape index (κ2) is 6.58. The first-order chi connectivity index (χ1) is 11.3. The van der Waals surface area contributed by atoms with Crippen LogP contribution in [-0.4, -0.2) is 67.2 Å². The monoisotopic (exact) mass is 348 g/mol. The standard InChI is InChI=1S/C16H24N6OS/c1-16(2,3)24-10-13(23)21-5-7-22(8-6-21)15-12-9-19-20(4)14(12)17-11-18-15/h9,11H,5-8,10H2,1-4H3. The van der Waals surface area contributed by atoms with E-state index in [9.17, 15) is 4.79 Å². The quantitative estimate of drug-likeness (QED) is 0.838. The minimum absolute atomic E-state index is 0.115. The van der Waals surface area contributed by atoms with Crippen LogP contribution in [0.4, 0.5) is 5.82 Å². The number of rotatable bonds is 3. The molecule has 8 heteroatoms. The predicted molar refractivity (Wildman–Crippen MR) is 97.3 cm³/mol. The highest BCUT2D eigenvalue weighted by atomic mass is 32.2. The van der Waals surface area contributed by atoms with Crippen LogP contribution in [-0.2, 0) is 11.8 Å². The molecule has 24 heavy (non-hydrogen) atoms. The van der Waals surface area contributed by atoms with Gasteiger partial charge in [-0.2, -0.15) is 5.10 Å². The van der Waals surface area contributed by atoms with E-state index in [0.717, 1.165) is 43.0 Å². The molecule has 0 spiro atoms. The molecule has 2 aromatic heterocycles. The fourth-order valence-corrected chi connectivity index (χ4v) is 3.48. The maximum absolute atomic E-state index is 12.4. The maximum Gasteiger partial charge on any atom is 0.232 e. The van der Waals surface area contributed by atoms with Gasteiger partial charge in [0.1, 0.15) is 12.1 Å². The summed E-state index contributed by atoms with van der Waals surface area (Å²) in [5.74, 6) is 1.68. The smallest absolute Gasteiger partial charge is 0.232 e. The number of anilines is 1. The van der Waals surface area contributed by atoms with Crippen LogP contribution in [0.3, 0.4) is 0 Å². The van der Waals surface area contributed by atoms with E-state index in [1.54, 1.807) is 22.8 Å². The molecule has 0 unspecified atom stereocenters. The number of carbonyl (C=O) groups excluding carboxylic acids is 1. The summed E-state index contributed by atoms with van der Waals surface area (Å²) in [6, 6.07) is 0. The molecule has 1 saturated heterocycles. The molecule has 130 valence electrons. The van der Waals surface area contributed by atoms with Gasteiger partial charge in [-0.1, -0.05) is 20.8 Å². The Hall–Kier alpha value is -1.83. The molecule has 0 atom stereocenters. The van der Waals surface area contributed by atoms with E-state index in [4.69, 9.17) is 0 Å². The minimum Gasteiger partial charge on any atom is -0.352 e. The van der Waals surface area contributed by atoms with Crippen LogP contribution in [0.15, 0.2) is 12.5 Å². The Bertz CT molecular complexity index is 730. The zero-order valence-electron chi connectivity index (χ0n) is 14.7. The van der Waals surface area contributed by atoms with Crippen molar-refractivity contribution in [2.75, 3.05) is 36.8 Å². The Morgan fingerprint density at radius 3 is 2.58 bits per heavy atom. The Balaban J connectivity index is 1.63. The van der Waals surface area contributed by atoms with Crippen molar-refractivity contribution in [2.24, 2.45) is 7.05 Å². The summed E-state index contributed by atoms with van der Waals surface area (Å²) in [5, 5.41) is 5.22. The molecule has 1 fully saturated rings. The van der Waals surface area contributed by atoms with Gasteiger partial charge in [0, 0.05) is 38.0 Å². The van der Waals surface area contributed by atoms with Crippen LogP contribution in [0.2, 0.25) is 0 Å². The highest BCUT2D eigenvalue weighted by molar-refractivity contribution is 8.01. The lowest BCUT2D eigenvalue weighted by molar-refractivity contribution is -0.128. The van der Waals surface area contributed by atoms with Gasteiger partial charge in [0.05, 0.1) is 17.3 Å². The Morgan fingerprint density at radius 2 is 1.92 bits per heavy atom. The molecular weight excluding hydrogens is 324 g/mol. The summed E-state index contributed by atoms with van der Waals surface area (Å²) in [4.78, 5) is 25.2. The van der Waals surface area contributed by atoms with Gasteiger partial charge >= 0.3 is 0 Å². The molecule has 1 aliphatic heterocycles. The number of hydrogen-bond donors (Lipinski definition) is 0. The summed E-state index contributed by atoms with van der Waals surface area (Å²) in [7, 11) is 1.88. The van der Waals surface area contributed by atoms with Gasteiger partial charge in [-0.3, -0.25) is 9.48 Å². The van der Waals surface area contributed by atoms with E-state index in [1.807, 2.05) is 18.1 Å². The van der Waals surface area contributed by atoms with E-state index in [1.165, 1.54) is 0 Å². The van der Waals surface area contributed by atoms with Crippen molar-refractivity contribution in [3.63, 3.8) is 0 Å². The SMILES string of the molecule is Cn1ncc2c(N3CCN(C(=O)CSC(C)(C)C)CC3)ncnc21. The second-order valence-electron chi connectivity index (χ2n) is 6.97. The lowest BCUT2D eigenvalue weighted by Gasteiger charge is -2.35. The number of amides is 1. The number of piperazine rings is 1. The first-order valence-electron chi connectivity index (χ1n) is 8.14. The number of thioether (sulfide) groups is 1. The van der Waals surface area contributed by atoms with Gasteiger partial charge < -0.3 is 9.80 Å². The first kappa shape index (κ1) is 17.0. The first-order valence-corrected chi connectivity index (χ1v) is 9.13. The van der Waals surface area contributed by atoms with E-state index >= 15 is 0 Å². The van der Waals surface area contributed by atoms with Crippen molar-refractivity contribution in [3.05, 3.63) is 12.5 Å². The van der Waals surface area contributed by atoms with Crippen molar-refractivity contribution in [1.29, 1.82) is 0 Å². The van der Waals surface area contributed by atoms with Crippen LogP contribution in [0.5, 0.6) is 0 Å². The van der Waals surface area contributed by atoms with E-state index in [-0.39, 0.29) is 10.7 Å². The Labute approximate surface area is 146 Å². The predicted octanol–water partition coefficient (Wildman–Crippen LogP) is 1.54. The van der Waals surface area contributed by atoms with Gasteiger partial charge in [0.2, 0.25) is 5.91 Å². The van der Waals surface area contributed by atoms with Crippen LogP contribution in [0.25, 0.3) is 11.0 Å². The largest absolute Gasteiger partial charge is 0.352 e. The van der Waals surface area contributed by atoms with Crippen molar-refractivity contribution >= 4 is 34.5 Å². The molecule has 0 saturated carbocycles. The molecule has 2 aromatic rings. The molecule has 7 nitrogen and oxygen atoms in total. The number of carbonyl (C=O) groups is 1. The van der Waals surface area contributed by atoms with Crippen molar-refractivity contribution < 1.29 is 4.79 Å². The highest BCUT2D eigenvalue weighted by Crippen LogP contribution is 2.25. The van der Waals surface area contributed by atoms with Crippen LogP contribution >= 0.6 is 11.8 Å². The third kappa shape index (κ3) is 3.63. The molecule has 0 N–H and O–H groups in total. The second-order valence-corrected chi connectivity index (χ2v) is 8.77. The third-order valence-electron chi connectivity index (χ3n) is 4.07. The number of fused-ring (bicyclic) bond motifs is 1. The molecule has 0 radical (unpaired) electrons. The van der Waals surface area contributed by atoms with Crippen LogP contribution < -0.4 is 4.90 Å². The lowest BCUT2D eigenvalue weighted by Crippen LogP contribution is -2.49. The normalized spacial score (nSPS) is 16.0. The Kier molecular flexibility index (Phi) is 4.67. The average Bonchev–Trinajstić information content (AvgIpc) is 2.94. The highest BCUT2D eigenvalue weighted by Gasteiger charge is 2.24. The van der Waals surface area contributed by atoms with Gasteiger partial charge in [0.15, 0.2) is 5.65 Å². The Morgan fingerprint density at radius 1 is 1.21 bits per heavy atom. The molecule has 0 aliphatic carbocycles. The molecular formula is C16H24N6OS.